The van der Waals surface area contributed by atoms with E-state index in [2.05, 4.69) is 6.92 Å². The van der Waals surface area contributed by atoms with Crippen molar-refractivity contribution in [1.29, 1.82) is 0 Å². The van der Waals surface area contributed by atoms with Crippen LogP contribution in [0.5, 0.6) is 0 Å². The van der Waals surface area contributed by atoms with Gasteiger partial charge in [0.25, 0.3) is 0 Å². The van der Waals surface area contributed by atoms with Gasteiger partial charge >= 0.3 is 0 Å². The lowest BCUT2D eigenvalue weighted by Crippen LogP contribution is -2.46. The summed E-state index contributed by atoms with van der Waals surface area (Å²) in [5, 5.41) is 0. The molecule has 1 saturated heterocycles. The first-order valence-corrected chi connectivity index (χ1v) is 9.21. The monoisotopic (exact) mass is 323 g/mol. The van der Waals surface area contributed by atoms with Gasteiger partial charge in [0.2, 0.25) is 5.91 Å². The maximum Gasteiger partial charge on any atom is 0.239 e. The zero-order valence-electron chi connectivity index (χ0n) is 14.7. The molecule has 0 aromatic carbocycles. The van der Waals surface area contributed by atoms with Crippen molar-refractivity contribution in [3.05, 3.63) is 0 Å². The van der Waals surface area contributed by atoms with E-state index in [0.717, 1.165) is 51.6 Å². The zero-order valence-corrected chi connectivity index (χ0v) is 14.7. The number of nitrogens with two attached hydrogens (primary N) is 2. The molecular weight excluding hydrogens is 290 g/mol. The largest absolute Gasteiger partial charge is 0.341 e. The third-order valence-electron chi connectivity index (χ3n) is 5.80. The van der Waals surface area contributed by atoms with Crippen molar-refractivity contribution in [3.8, 4) is 0 Å². The Morgan fingerprint density at radius 3 is 2.13 bits per heavy atom. The molecule has 0 radical (unpaired) electrons. The van der Waals surface area contributed by atoms with Crippen LogP contribution in [0.3, 0.4) is 0 Å². The summed E-state index contributed by atoms with van der Waals surface area (Å²) in [5.41, 5.74) is 11.6. The Kier molecular flexibility index (Phi) is 6.60. The number of hydrogen-bond acceptors (Lipinski definition) is 4. The summed E-state index contributed by atoms with van der Waals surface area (Å²) in [6.07, 6.45) is 6.57. The molecule has 0 bridgehead atoms. The van der Waals surface area contributed by atoms with Crippen LogP contribution in [0.4, 0.5) is 0 Å². The van der Waals surface area contributed by atoms with Crippen LogP contribution in [-0.2, 0) is 9.59 Å². The van der Waals surface area contributed by atoms with E-state index < -0.39 is 6.04 Å². The lowest BCUT2D eigenvalue weighted by molar-refractivity contribution is -0.134. The summed E-state index contributed by atoms with van der Waals surface area (Å²) in [6.45, 7) is 5.50. The lowest BCUT2D eigenvalue weighted by Gasteiger charge is -2.36. The SMILES string of the molecule is CC(CC(=O)C1CCC(N)CC1)C1CCN(C(=O)[C@H](C)N)CC1. The molecular formula is C18H33N3O2. The van der Waals surface area contributed by atoms with E-state index in [-0.39, 0.29) is 11.8 Å². The van der Waals surface area contributed by atoms with Gasteiger partial charge in [-0.15, -0.1) is 0 Å². The number of likely N-dealkylation sites (tertiary alicyclic amines) is 1. The maximum atomic E-state index is 12.5. The lowest BCUT2D eigenvalue weighted by atomic mass is 9.77. The number of piperidine rings is 1. The summed E-state index contributed by atoms with van der Waals surface area (Å²) in [5.74, 6) is 1.66. The Hall–Kier alpha value is -0.940. The van der Waals surface area contributed by atoms with Crippen LogP contribution in [0.25, 0.3) is 0 Å². The minimum absolute atomic E-state index is 0.0470. The average molecular weight is 323 g/mol. The minimum Gasteiger partial charge on any atom is -0.341 e. The van der Waals surface area contributed by atoms with E-state index in [4.69, 9.17) is 11.5 Å². The smallest absolute Gasteiger partial charge is 0.239 e. The molecule has 5 nitrogen and oxygen atoms in total. The summed E-state index contributed by atoms with van der Waals surface area (Å²) >= 11 is 0. The number of Topliss-reactive ketones (excluding diaryl/α,β-unsaturated/α-hetero) is 1. The molecule has 132 valence electrons. The van der Waals surface area contributed by atoms with Crippen LogP contribution >= 0.6 is 0 Å². The number of hydrogen-bond donors (Lipinski definition) is 2. The van der Waals surface area contributed by atoms with E-state index in [0.29, 0.717) is 30.1 Å². The van der Waals surface area contributed by atoms with E-state index in [1.54, 1.807) is 6.92 Å². The van der Waals surface area contributed by atoms with Crippen molar-refractivity contribution < 1.29 is 9.59 Å². The second-order valence-corrected chi connectivity index (χ2v) is 7.71. The number of nitrogens with zero attached hydrogens (tertiary/aromatic N) is 1. The summed E-state index contributed by atoms with van der Waals surface area (Å²) in [4.78, 5) is 26.3. The first-order chi connectivity index (χ1) is 10.9. The van der Waals surface area contributed by atoms with Crippen LogP contribution in [0.1, 0.15) is 58.8 Å². The fourth-order valence-electron chi connectivity index (χ4n) is 4.07. The van der Waals surface area contributed by atoms with Gasteiger partial charge in [-0.1, -0.05) is 6.92 Å². The van der Waals surface area contributed by atoms with Crippen LogP contribution < -0.4 is 11.5 Å². The highest BCUT2D eigenvalue weighted by molar-refractivity contribution is 5.81. The number of carbonyl (C=O) groups is 2. The quantitative estimate of drug-likeness (QED) is 0.805. The third kappa shape index (κ3) is 5.01. The van der Waals surface area contributed by atoms with Crippen molar-refractivity contribution >= 4 is 11.7 Å². The Balaban J connectivity index is 1.75. The molecule has 1 saturated carbocycles. The third-order valence-corrected chi connectivity index (χ3v) is 5.80. The predicted octanol–water partition coefficient (Wildman–Crippen LogP) is 1.69. The average Bonchev–Trinajstić information content (AvgIpc) is 2.54. The topological polar surface area (TPSA) is 89.4 Å². The molecule has 1 heterocycles. The minimum atomic E-state index is -0.414. The standard InChI is InChI=1S/C18H33N3O2/c1-12(11-17(22)15-3-5-16(20)6-4-15)14-7-9-21(10-8-14)18(23)13(2)19/h12-16H,3-11,19-20H2,1-2H3/t12?,13-,15?,16?/m0/s1. The molecule has 1 amide bonds. The maximum absolute atomic E-state index is 12.5. The predicted molar refractivity (Wildman–Crippen MR) is 91.7 cm³/mol. The first-order valence-electron chi connectivity index (χ1n) is 9.21. The molecule has 1 aliphatic carbocycles. The van der Waals surface area contributed by atoms with Crippen molar-refractivity contribution in [1.82, 2.24) is 4.90 Å². The van der Waals surface area contributed by atoms with Crippen LogP contribution in [0.15, 0.2) is 0 Å². The van der Waals surface area contributed by atoms with Crippen molar-refractivity contribution in [3.63, 3.8) is 0 Å². The fraction of sp³-hybridized carbons (Fsp3) is 0.889. The number of rotatable bonds is 5. The molecule has 0 aromatic heterocycles. The number of amides is 1. The highest BCUT2D eigenvalue weighted by Gasteiger charge is 2.31. The van der Waals surface area contributed by atoms with Crippen molar-refractivity contribution in [2.24, 2.45) is 29.2 Å². The van der Waals surface area contributed by atoms with Crippen LogP contribution in [-0.4, -0.2) is 41.8 Å². The van der Waals surface area contributed by atoms with Gasteiger partial charge < -0.3 is 16.4 Å². The summed E-state index contributed by atoms with van der Waals surface area (Å²) in [6, 6.07) is -0.119. The molecule has 1 unspecified atom stereocenters. The Morgan fingerprint density at radius 2 is 1.61 bits per heavy atom. The van der Waals surface area contributed by atoms with Crippen LogP contribution in [0, 0.1) is 17.8 Å². The summed E-state index contributed by atoms with van der Waals surface area (Å²) in [7, 11) is 0. The molecule has 0 spiro atoms. The van der Waals surface area contributed by atoms with E-state index in [1.807, 2.05) is 4.90 Å². The van der Waals surface area contributed by atoms with Crippen molar-refractivity contribution in [2.75, 3.05) is 13.1 Å². The molecule has 1 aliphatic heterocycles. The van der Waals surface area contributed by atoms with Gasteiger partial charge in [-0.05, 0) is 57.3 Å². The molecule has 4 N–H and O–H groups in total. The number of carbonyl (C=O) groups excluding carboxylic acids is 2. The van der Waals surface area contributed by atoms with Gasteiger partial charge in [0.15, 0.2) is 0 Å². The second kappa shape index (κ2) is 8.25. The molecule has 23 heavy (non-hydrogen) atoms. The Labute approximate surface area is 140 Å². The van der Waals surface area contributed by atoms with Gasteiger partial charge in [-0.2, -0.15) is 0 Å². The van der Waals surface area contributed by atoms with E-state index in [1.165, 1.54) is 0 Å². The highest BCUT2D eigenvalue weighted by Crippen LogP contribution is 2.31. The van der Waals surface area contributed by atoms with Crippen LogP contribution in [0.2, 0.25) is 0 Å². The van der Waals surface area contributed by atoms with E-state index in [9.17, 15) is 9.59 Å². The van der Waals surface area contributed by atoms with Gasteiger partial charge in [0, 0.05) is 31.5 Å². The molecule has 2 aliphatic rings. The Morgan fingerprint density at radius 1 is 1.04 bits per heavy atom. The molecule has 2 rings (SSSR count). The second-order valence-electron chi connectivity index (χ2n) is 7.71. The van der Waals surface area contributed by atoms with Gasteiger partial charge in [0.05, 0.1) is 6.04 Å². The van der Waals surface area contributed by atoms with Gasteiger partial charge in [0.1, 0.15) is 5.78 Å². The first kappa shape index (κ1) is 18.4. The van der Waals surface area contributed by atoms with Gasteiger partial charge in [-0.25, -0.2) is 0 Å². The highest BCUT2D eigenvalue weighted by atomic mass is 16.2. The molecule has 0 aromatic rings. The normalized spacial score (nSPS) is 29.1. The zero-order chi connectivity index (χ0) is 17.0. The Bertz CT molecular complexity index is 408. The van der Waals surface area contributed by atoms with E-state index >= 15 is 0 Å². The summed E-state index contributed by atoms with van der Waals surface area (Å²) < 4.78 is 0. The number of ketones is 1. The fourth-order valence-corrected chi connectivity index (χ4v) is 4.07. The molecule has 2 fully saturated rings. The molecule has 2 atom stereocenters. The van der Waals surface area contributed by atoms with Crippen molar-refractivity contribution in [2.45, 2.75) is 70.9 Å². The molecule has 5 heteroatoms. The van der Waals surface area contributed by atoms with Gasteiger partial charge in [-0.3, -0.25) is 9.59 Å².